The summed E-state index contributed by atoms with van der Waals surface area (Å²) in [4.78, 5) is 21.8. The molecule has 0 fully saturated rings. The topological polar surface area (TPSA) is 75.6 Å². The van der Waals surface area contributed by atoms with Crippen molar-refractivity contribution in [2.75, 3.05) is 7.11 Å². The number of amides is 1. The first-order chi connectivity index (χ1) is 8.52. The first-order valence-corrected chi connectivity index (χ1v) is 5.68. The minimum atomic E-state index is -0.970. The molecule has 98 valence electrons. The highest BCUT2D eigenvalue weighted by atomic mass is 16.5. The van der Waals surface area contributed by atoms with E-state index >= 15 is 0 Å². The molecule has 1 atom stereocenters. The van der Waals surface area contributed by atoms with Gasteiger partial charge in [-0.15, -0.1) is 0 Å². The number of carbonyl (C=O) groups excluding carboxylic acids is 1. The molecule has 0 saturated heterocycles. The van der Waals surface area contributed by atoms with Crippen molar-refractivity contribution in [1.82, 2.24) is 5.32 Å². The third kappa shape index (κ3) is 4.45. The maximum atomic E-state index is 11.5. The maximum Gasteiger partial charge on any atom is 0.303 e. The van der Waals surface area contributed by atoms with Crippen molar-refractivity contribution in [1.29, 1.82) is 0 Å². The molecule has 0 aliphatic rings. The van der Waals surface area contributed by atoms with E-state index in [-0.39, 0.29) is 24.8 Å². The molecule has 0 aromatic heterocycles. The number of hydrogen-bond acceptors (Lipinski definition) is 3. The molecule has 5 nitrogen and oxygen atoms in total. The molecule has 1 amide bonds. The predicted octanol–water partition coefficient (Wildman–Crippen LogP) is 1.74. The van der Waals surface area contributed by atoms with Gasteiger partial charge in [0, 0.05) is 6.42 Å². The van der Waals surface area contributed by atoms with Crippen LogP contribution >= 0.6 is 0 Å². The first kappa shape index (κ1) is 14.0. The van der Waals surface area contributed by atoms with Crippen LogP contribution < -0.4 is 10.1 Å². The molecule has 0 spiro atoms. The van der Waals surface area contributed by atoms with Crippen LogP contribution in [0.1, 0.15) is 31.4 Å². The van der Waals surface area contributed by atoms with Crippen molar-refractivity contribution in [3.8, 4) is 5.75 Å². The minimum Gasteiger partial charge on any atom is -0.497 e. The molecule has 0 bridgehead atoms. The van der Waals surface area contributed by atoms with Gasteiger partial charge in [-0.2, -0.15) is 0 Å². The van der Waals surface area contributed by atoms with Gasteiger partial charge in [-0.05, 0) is 24.6 Å². The van der Waals surface area contributed by atoms with Crippen LogP contribution in [0.4, 0.5) is 0 Å². The number of carbonyl (C=O) groups is 2. The summed E-state index contributed by atoms with van der Waals surface area (Å²) in [6, 6.07) is 7.20. The van der Waals surface area contributed by atoms with Gasteiger partial charge >= 0.3 is 5.97 Å². The highest BCUT2D eigenvalue weighted by Crippen LogP contribution is 2.17. The summed E-state index contributed by atoms with van der Waals surface area (Å²) in [7, 11) is 1.59. The summed E-state index contributed by atoms with van der Waals surface area (Å²) in [6.45, 7) is 1.85. The lowest BCUT2D eigenvalue weighted by atomic mass is 10.1. The zero-order valence-electron chi connectivity index (χ0n) is 10.5. The number of aliphatic carboxylic acids is 1. The molecule has 1 rings (SSSR count). The summed E-state index contributed by atoms with van der Waals surface area (Å²) < 4.78 is 5.04. The summed E-state index contributed by atoms with van der Waals surface area (Å²) in [6.07, 6.45) is -0.156. The number of carboxylic acids is 1. The second-order valence-electron chi connectivity index (χ2n) is 3.96. The van der Waals surface area contributed by atoms with Crippen molar-refractivity contribution in [3.63, 3.8) is 0 Å². The van der Waals surface area contributed by atoms with E-state index < -0.39 is 5.97 Å². The molecule has 0 saturated carbocycles. The van der Waals surface area contributed by atoms with Crippen molar-refractivity contribution < 1.29 is 19.4 Å². The van der Waals surface area contributed by atoms with Crippen LogP contribution in [0.25, 0.3) is 0 Å². The van der Waals surface area contributed by atoms with E-state index in [0.717, 1.165) is 11.3 Å². The van der Waals surface area contributed by atoms with Crippen molar-refractivity contribution in [2.45, 2.75) is 25.8 Å². The average Bonchev–Trinajstić information content (AvgIpc) is 2.36. The molecule has 5 heteroatoms. The minimum absolute atomic E-state index is 0.00414. The number of rotatable bonds is 6. The first-order valence-electron chi connectivity index (χ1n) is 5.68. The number of hydrogen-bond donors (Lipinski definition) is 2. The van der Waals surface area contributed by atoms with E-state index in [2.05, 4.69) is 5.32 Å². The smallest absolute Gasteiger partial charge is 0.303 e. The Labute approximate surface area is 106 Å². The second kappa shape index (κ2) is 6.64. The predicted molar refractivity (Wildman–Crippen MR) is 66.4 cm³/mol. The van der Waals surface area contributed by atoms with Gasteiger partial charge in [0.2, 0.25) is 5.91 Å². The van der Waals surface area contributed by atoms with Crippen LogP contribution in [0.2, 0.25) is 0 Å². The van der Waals surface area contributed by atoms with Gasteiger partial charge in [-0.3, -0.25) is 9.59 Å². The van der Waals surface area contributed by atoms with Crippen molar-refractivity contribution in [2.24, 2.45) is 0 Å². The molecule has 1 unspecified atom stereocenters. The number of methoxy groups -OCH3 is 1. The summed E-state index contributed by atoms with van der Waals surface area (Å²) >= 11 is 0. The monoisotopic (exact) mass is 251 g/mol. The molecule has 18 heavy (non-hydrogen) atoms. The zero-order valence-corrected chi connectivity index (χ0v) is 10.5. The SMILES string of the molecule is COc1ccc(C(C)NC(=O)CCC(=O)O)cc1. The Balaban J connectivity index is 2.50. The largest absolute Gasteiger partial charge is 0.497 e. The fourth-order valence-corrected chi connectivity index (χ4v) is 1.51. The molecular weight excluding hydrogens is 234 g/mol. The lowest BCUT2D eigenvalue weighted by Gasteiger charge is -2.14. The fourth-order valence-electron chi connectivity index (χ4n) is 1.51. The van der Waals surface area contributed by atoms with Crippen molar-refractivity contribution >= 4 is 11.9 Å². The molecule has 0 heterocycles. The number of carboxylic acid groups (broad SMARTS) is 1. The van der Waals surface area contributed by atoms with E-state index in [1.165, 1.54) is 0 Å². The molecule has 0 aliphatic carbocycles. The third-order valence-electron chi connectivity index (χ3n) is 2.56. The van der Waals surface area contributed by atoms with Crippen LogP contribution in [0.15, 0.2) is 24.3 Å². The van der Waals surface area contributed by atoms with Crippen LogP contribution in [-0.4, -0.2) is 24.1 Å². The lowest BCUT2D eigenvalue weighted by molar-refractivity contribution is -0.138. The van der Waals surface area contributed by atoms with Gasteiger partial charge in [-0.25, -0.2) is 0 Å². The summed E-state index contributed by atoms with van der Waals surface area (Å²) in [5, 5.41) is 11.2. The van der Waals surface area contributed by atoms with E-state index in [9.17, 15) is 9.59 Å². The Morgan fingerprint density at radius 1 is 1.28 bits per heavy atom. The second-order valence-corrected chi connectivity index (χ2v) is 3.96. The molecule has 2 N–H and O–H groups in total. The van der Waals surface area contributed by atoms with Crippen LogP contribution in [0.5, 0.6) is 5.75 Å². The average molecular weight is 251 g/mol. The van der Waals surface area contributed by atoms with Gasteiger partial charge in [0.1, 0.15) is 5.75 Å². The Morgan fingerprint density at radius 3 is 2.39 bits per heavy atom. The third-order valence-corrected chi connectivity index (χ3v) is 2.56. The number of nitrogens with one attached hydrogen (secondary N) is 1. The van der Waals surface area contributed by atoms with Gasteiger partial charge in [0.15, 0.2) is 0 Å². The fraction of sp³-hybridized carbons (Fsp3) is 0.385. The number of ether oxygens (including phenoxy) is 1. The molecule has 1 aromatic carbocycles. The van der Waals surface area contributed by atoms with E-state index in [0.29, 0.717) is 0 Å². The Bertz CT molecular complexity index is 414. The Morgan fingerprint density at radius 2 is 1.89 bits per heavy atom. The summed E-state index contributed by atoms with van der Waals surface area (Å²) in [5.41, 5.74) is 0.944. The molecular formula is C13H17NO4. The summed E-state index contributed by atoms with van der Waals surface area (Å²) in [5.74, 6) is -0.480. The zero-order chi connectivity index (χ0) is 13.5. The lowest BCUT2D eigenvalue weighted by Crippen LogP contribution is -2.26. The van der Waals surface area contributed by atoms with Gasteiger partial charge < -0.3 is 15.2 Å². The normalized spacial score (nSPS) is 11.7. The number of benzene rings is 1. The van der Waals surface area contributed by atoms with E-state index in [4.69, 9.17) is 9.84 Å². The quantitative estimate of drug-likeness (QED) is 0.807. The van der Waals surface area contributed by atoms with Gasteiger partial charge in [0.05, 0.1) is 19.6 Å². The van der Waals surface area contributed by atoms with Gasteiger partial charge in [-0.1, -0.05) is 12.1 Å². The van der Waals surface area contributed by atoms with Crippen LogP contribution in [-0.2, 0) is 9.59 Å². The maximum absolute atomic E-state index is 11.5. The molecule has 0 aliphatic heterocycles. The Kier molecular flexibility index (Phi) is 5.17. The van der Waals surface area contributed by atoms with E-state index in [1.54, 1.807) is 7.11 Å². The highest BCUT2D eigenvalue weighted by Gasteiger charge is 2.10. The standard InChI is InChI=1S/C13H17NO4/c1-9(14-12(15)7-8-13(16)17)10-3-5-11(18-2)6-4-10/h3-6,9H,7-8H2,1-2H3,(H,14,15)(H,16,17). The molecule has 1 aromatic rings. The Hall–Kier alpha value is -2.04. The van der Waals surface area contributed by atoms with E-state index in [1.807, 2.05) is 31.2 Å². The molecule has 0 radical (unpaired) electrons. The van der Waals surface area contributed by atoms with Crippen molar-refractivity contribution in [3.05, 3.63) is 29.8 Å². The van der Waals surface area contributed by atoms with Crippen LogP contribution in [0, 0.1) is 0 Å². The van der Waals surface area contributed by atoms with Gasteiger partial charge in [0.25, 0.3) is 0 Å². The highest BCUT2D eigenvalue weighted by molar-refractivity contribution is 5.80. The van der Waals surface area contributed by atoms with Crippen LogP contribution in [0.3, 0.4) is 0 Å².